The summed E-state index contributed by atoms with van der Waals surface area (Å²) < 4.78 is 13.9. The van der Waals surface area contributed by atoms with E-state index in [4.69, 9.17) is 9.47 Å². The second-order valence-electron chi connectivity index (χ2n) is 9.85. The van der Waals surface area contributed by atoms with E-state index in [0.717, 1.165) is 22.3 Å². The van der Waals surface area contributed by atoms with Crippen molar-refractivity contribution in [1.29, 1.82) is 0 Å². The first kappa shape index (κ1) is 28.3. The molecule has 0 radical (unpaired) electrons. The smallest absolute Gasteiger partial charge is 0.306 e. The molecule has 0 aliphatic carbocycles. The molecule has 6 heteroatoms. The molecule has 0 atom stereocenters. The van der Waals surface area contributed by atoms with E-state index in [0.29, 0.717) is 19.3 Å². The number of nitrogens with zero attached hydrogens (tertiary/aromatic N) is 1. The van der Waals surface area contributed by atoms with Crippen molar-refractivity contribution >= 4 is 12.3 Å². The van der Waals surface area contributed by atoms with Gasteiger partial charge >= 0.3 is 5.97 Å². The summed E-state index contributed by atoms with van der Waals surface area (Å²) in [7, 11) is 0. The van der Waals surface area contributed by atoms with Gasteiger partial charge in [-0.05, 0) is 28.7 Å². The summed E-state index contributed by atoms with van der Waals surface area (Å²) in [4.78, 5) is 37.7. The molecule has 0 aliphatic heterocycles. The van der Waals surface area contributed by atoms with Crippen LogP contribution in [0.3, 0.4) is 0 Å². The number of ether oxygens (including phenoxy) is 2. The monoisotopic (exact) mass is 557 g/mol. The van der Waals surface area contributed by atoms with Gasteiger partial charge in [-0.3, -0.25) is 14.4 Å². The maximum atomic E-state index is 13.0. The lowest BCUT2D eigenvalue weighted by atomic mass is 10.0. The van der Waals surface area contributed by atoms with Crippen LogP contribution in [0.15, 0.2) is 138 Å². The molecule has 6 nitrogen and oxygen atoms in total. The second-order valence-corrected chi connectivity index (χ2v) is 9.85. The van der Waals surface area contributed by atoms with Crippen molar-refractivity contribution in [2.75, 3.05) is 0 Å². The van der Waals surface area contributed by atoms with E-state index >= 15 is 0 Å². The molecule has 4 aromatic carbocycles. The molecule has 42 heavy (non-hydrogen) atoms. The number of hydrogen-bond acceptors (Lipinski definition) is 5. The summed E-state index contributed by atoms with van der Waals surface area (Å²) >= 11 is 0. The number of aromatic nitrogens is 1. The summed E-state index contributed by atoms with van der Waals surface area (Å²) in [6.07, 6.45) is 1.68. The fourth-order valence-electron chi connectivity index (χ4n) is 4.83. The van der Waals surface area contributed by atoms with Gasteiger partial charge in [0, 0.05) is 19.0 Å². The minimum absolute atomic E-state index is 0.120. The van der Waals surface area contributed by atoms with Crippen molar-refractivity contribution in [2.24, 2.45) is 0 Å². The van der Waals surface area contributed by atoms with E-state index in [1.807, 2.05) is 121 Å². The third kappa shape index (κ3) is 7.09. The van der Waals surface area contributed by atoms with Gasteiger partial charge in [0.15, 0.2) is 18.1 Å². The first-order chi connectivity index (χ1) is 20.6. The van der Waals surface area contributed by atoms with Crippen molar-refractivity contribution in [1.82, 2.24) is 4.57 Å². The van der Waals surface area contributed by atoms with E-state index in [9.17, 15) is 14.4 Å². The fraction of sp³-hybridized carbons (Fsp3) is 0.139. The van der Waals surface area contributed by atoms with Gasteiger partial charge in [-0.2, -0.15) is 0 Å². The van der Waals surface area contributed by atoms with Crippen LogP contribution in [0.5, 0.6) is 5.75 Å². The van der Waals surface area contributed by atoms with Crippen LogP contribution in [0.1, 0.15) is 57.8 Å². The number of aldehydes is 1. The SMILES string of the molecule is O=Cc1cc(=O)c(OC(c2ccccc2)c2ccccc2)cn1CCCC(=O)OC(c1ccccc1)c1ccccc1. The summed E-state index contributed by atoms with van der Waals surface area (Å²) in [5.74, 6) is -0.236. The maximum Gasteiger partial charge on any atom is 0.306 e. The van der Waals surface area contributed by atoms with Crippen LogP contribution < -0.4 is 10.2 Å². The molecule has 0 saturated heterocycles. The second kappa shape index (κ2) is 13.9. The molecule has 0 aliphatic rings. The fourth-order valence-corrected chi connectivity index (χ4v) is 4.83. The van der Waals surface area contributed by atoms with Gasteiger partial charge in [-0.15, -0.1) is 0 Å². The highest BCUT2D eigenvalue weighted by molar-refractivity contribution is 5.72. The molecule has 0 saturated carbocycles. The van der Waals surface area contributed by atoms with Gasteiger partial charge in [-0.1, -0.05) is 121 Å². The van der Waals surface area contributed by atoms with E-state index in [1.54, 1.807) is 10.8 Å². The summed E-state index contributed by atoms with van der Waals surface area (Å²) in [6.45, 7) is 0.322. The molecule has 0 N–H and O–H groups in total. The Morgan fingerprint density at radius 2 is 1.14 bits per heavy atom. The van der Waals surface area contributed by atoms with E-state index < -0.39 is 17.6 Å². The highest BCUT2D eigenvalue weighted by Crippen LogP contribution is 2.28. The number of rotatable bonds is 12. The zero-order valence-electron chi connectivity index (χ0n) is 23.0. The zero-order valence-corrected chi connectivity index (χ0v) is 23.0. The van der Waals surface area contributed by atoms with Crippen LogP contribution in [-0.4, -0.2) is 16.8 Å². The average Bonchev–Trinajstić information content (AvgIpc) is 3.05. The lowest BCUT2D eigenvalue weighted by Gasteiger charge is -2.21. The van der Waals surface area contributed by atoms with Crippen molar-refractivity contribution < 1.29 is 19.1 Å². The van der Waals surface area contributed by atoms with Gasteiger partial charge in [0.2, 0.25) is 5.43 Å². The van der Waals surface area contributed by atoms with E-state index in [-0.39, 0.29) is 23.8 Å². The third-order valence-electron chi connectivity index (χ3n) is 6.93. The lowest BCUT2D eigenvalue weighted by Crippen LogP contribution is -2.19. The molecule has 1 heterocycles. The van der Waals surface area contributed by atoms with Crippen LogP contribution in [0.25, 0.3) is 0 Å². The maximum absolute atomic E-state index is 13.0. The Kier molecular flexibility index (Phi) is 9.37. The zero-order chi connectivity index (χ0) is 29.1. The van der Waals surface area contributed by atoms with Crippen molar-refractivity contribution in [3.05, 3.63) is 172 Å². The minimum atomic E-state index is -0.522. The van der Waals surface area contributed by atoms with Gasteiger partial charge in [0.05, 0.1) is 11.9 Å². The largest absolute Gasteiger partial charge is 0.475 e. The molecule has 5 rings (SSSR count). The number of esters is 1. The number of benzene rings is 4. The van der Waals surface area contributed by atoms with Crippen LogP contribution in [0.4, 0.5) is 0 Å². The minimum Gasteiger partial charge on any atom is -0.475 e. The Hall–Kier alpha value is -5.23. The first-order valence-electron chi connectivity index (χ1n) is 13.9. The Bertz CT molecular complexity index is 1570. The predicted octanol–water partition coefficient (Wildman–Crippen LogP) is 6.94. The Morgan fingerprint density at radius 1 is 0.690 bits per heavy atom. The molecular formula is C36H31NO5. The number of pyridine rings is 1. The Morgan fingerprint density at radius 3 is 1.60 bits per heavy atom. The normalized spacial score (nSPS) is 10.9. The van der Waals surface area contributed by atoms with Crippen LogP contribution in [0.2, 0.25) is 0 Å². The van der Waals surface area contributed by atoms with Gasteiger partial charge < -0.3 is 14.0 Å². The molecular weight excluding hydrogens is 526 g/mol. The number of aryl methyl sites for hydroxylation is 1. The number of carbonyl (C=O) groups excluding carboxylic acids is 2. The quantitative estimate of drug-likeness (QED) is 0.123. The van der Waals surface area contributed by atoms with Gasteiger partial charge in [0.1, 0.15) is 6.10 Å². The van der Waals surface area contributed by atoms with Gasteiger partial charge in [0.25, 0.3) is 0 Å². The Labute approximate surface area is 244 Å². The van der Waals surface area contributed by atoms with E-state index in [1.165, 1.54) is 6.07 Å². The topological polar surface area (TPSA) is 74.6 Å². The predicted molar refractivity (Wildman–Crippen MR) is 161 cm³/mol. The number of carbonyl (C=O) groups is 2. The molecule has 1 aromatic heterocycles. The molecule has 0 spiro atoms. The lowest BCUT2D eigenvalue weighted by molar-refractivity contribution is -0.147. The highest BCUT2D eigenvalue weighted by atomic mass is 16.5. The van der Waals surface area contributed by atoms with Crippen LogP contribution in [0, 0.1) is 0 Å². The van der Waals surface area contributed by atoms with Crippen molar-refractivity contribution in [2.45, 2.75) is 31.6 Å². The standard InChI is InChI=1S/C36H31NO5/c38-26-31-24-32(39)33(41-35(27-14-5-1-6-15-27)28-16-7-2-8-17-28)25-37(31)23-13-22-34(40)42-36(29-18-9-3-10-19-29)30-20-11-4-12-21-30/h1-12,14-21,24-26,35-36H,13,22-23H2. The van der Waals surface area contributed by atoms with Gasteiger partial charge in [-0.25, -0.2) is 0 Å². The first-order valence-corrected chi connectivity index (χ1v) is 13.9. The summed E-state index contributed by atoms with van der Waals surface area (Å²) in [5, 5.41) is 0. The molecule has 0 amide bonds. The van der Waals surface area contributed by atoms with E-state index in [2.05, 4.69) is 0 Å². The summed E-state index contributed by atoms with van der Waals surface area (Å²) in [5.41, 5.74) is 3.37. The van der Waals surface area contributed by atoms with Crippen LogP contribution in [-0.2, 0) is 16.1 Å². The van der Waals surface area contributed by atoms with Crippen molar-refractivity contribution in [3.8, 4) is 5.75 Å². The highest BCUT2D eigenvalue weighted by Gasteiger charge is 2.20. The number of hydrogen-bond donors (Lipinski definition) is 0. The third-order valence-corrected chi connectivity index (χ3v) is 6.93. The average molecular weight is 558 g/mol. The molecule has 0 bridgehead atoms. The Balaban J connectivity index is 1.31. The molecule has 210 valence electrons. The molecule has 0 fully saturated rings. The van der Waals surface area contributed by atoms with Crippen molar-refractivity contribution in [3.63, 3.8) is 0 Å². The molecule has 5 aromatic rings. The summed E-state index contributed by atoms with van der Waals surface area (Å²) in [6, 6.07) is 39.8. The molecule has 0 unspecified atom stereocenters. The van der Waals surface area contributed by atoms with Crippen LogP contribution >= 0.6 is 0 Å².